The number of rotatable bonds is 4. The second kappa shape index (κ2) is 7.95. The summed E-state index contributed by atoms with van der Waals surface area (Å²) in [4.78, 5) is 16.3. The number of fused-ring (bicyclic) bond motifs is 2. The molecule has 0 saturated carbocycles. The Morgan fingerprint density at radius 1 is 1.06 bits per heavy atom. The highest BCUT2D eigenvalue weighted by molar-refractivity contribution is 5.86. The van der Waals surface area contributed by atoms with Crippen LogP contribution in [0.5, 0.6) is 0 Å². The van der Waals surface area contributed by atoms with Crippen molar-refractivity contribution in [3.63, 3.8) is 0 Å². The molecule has 0 atom stereocenters. The highest BCUT2D eigenvalue weighted by Crippen LogP contribution is 2.31. The second-order valence-corrected chi connectivity index (χ2v) is 9.55. The van der Waals surface area contributed by atoms with Crippen LogP contribution >= 0.6 is 0 Å². The third-order valence-corrected chi connectivity index (χ3v) is 7.02. The van der Waals surface area contributed by atoms with Crippen LogP contribution in [0.15, 0.2) is 59.9 Å². The standard InChI is InChI=1S/C27H28N6O/c1-18-24(19-3-4-20-16-28-17-21(20)15-19)31-25(26-29-11-14-33(18)26)30-22-5-7-23(8-6-22)32-12-9-27(2,34)10-13-32/h3-8,11,14-16,34H,9-10,12-13,17H2,1-2H3,(H,30,31). The first-order valence-electron chi connectivity index (χ1n) is 11.8. The highest BCUT2D eigenvalue weighted by Gasteiger charge is 2.27. The summed E-state index contributed by atoms with van der Waals surface area (Å²) in [5, 5.41) is 13.7. The van der Waals surface area contributed by atoms with E-state index >= 15 is 0 Å². The molecule has 7 heteroatoms. The van der Waals surface area contributed by atoms with E-state index in [4.69, 9.17) is 4.98 Å². The van der Waals surface area contributed by atoms with Crippen LogP contribution in [0.4, 0.5) is 17.2 Å². The van der Waals surface area contributed by atoms with Gasteiger partial charge in [-0.15, -0.1) is 0 Å². The van der Waals surface area contributed by atoms with Crippen molar-refractivity contribution >= 4 is 29.1 Å². The molecule has 4 heterocycles. The Hall–Kier alpha value is -3.71. The predicted molar refractivity (Wildman–Crippen MR) is 136 cm³/mol. The molecule has 0 amide bonds. The van der Waals surface area contributed by atoms with Crippen LogP contribution in [0.1, 0.15) is 36.6 Å². The third-order valence-electron chi connectivity index (χ3n) is 7.02. The average molecular weight is 453 g/mol. The smallest absolute Gasteiger partial charge is 0.180 e. The SMILES string of the molecule is Cc1c(-c2ccc3c(c2)CN=C3)nc(Nc2ccc(N3CCC(C)(O)CC3)cc2)c2nccn12. The predicted octanol–water partition coefficient (Wildman–Crippen LogP) is 4.73. The van der Waals surface area contributed by atoms with E-state index in [2.05, 4.69) is 74.0 Å². The van der Waals surface area contributed by atoms with Crippen LogP contribution in [-0.2, 0) is 6.54 Å². The molecule has 7 nitrogen and oxygen atoms in total. The number of aryl methyl sites for hydroxylation is 1. The van der Waals surface area contributed by atoms with Crippen LogP contribution in [0.3, 0.4) is 0 Å². The topological polar surface area (TPSA) is 78.0 Å². The van der Waals surface area contributed by atoms with Gasteiger partial charge in [-0.1, -0.05) is 12.1 Å². The molecule has 0 spiro atoms. The zero-order valence-electron chi connectivity index (χ0n) is 19.5. The number of aromatic nitrogens is 3. The molecular formula is C27H28N6O. The van der Waals surface area contributed by atoms with E-state index < -0.39 is 5.60 Å². The van der Waals surface area contributed by atoms with Gasteiger partial charge in [-0.2, -0.15) is 0 Å². The Bertz CT molecular complexity index is 1390. The van der Waals surface area contributed by atoms with Gasteiger partial charge in [-0.3, -0.25) is 9.39 Å². The van der Waals surface area contributed by atoms with E-state index in [0.717, 1.165) is 66.6 Å². The highest BCUT2D eigenvalue weighted by atomic mass is 16.3. The molecule has 6 rings (SSSR count). The van der Waals surface area contributed by atoms with Gasteiger partial charge >= 0.3 is 0 Å². The van der Waals surface area contributed by atoms with E-state index in [-0.39, 0.29) is 0 Å². The van der Waals surface area contributed by atoms with Gasteiger partial charge in [0.2, 0.25) is 0 Å². The van der Waals surface area contributed by atoms with Crippen LogP contribution in [-0.4, -0.2) is 44.4 Å². The van der Waals surface area contributed by atoms with E-state index in [0.29, 0.717) is 0 Å². The zero-order chi connectivity index (χ0) is 23.3. The Kier molecular flexibility index (Phi) is 4.88. The average Bonchev–Trinajstić information content (AvgIpc) is 3.51. The quantitative estimate of drug-likeness (QED) is 0.468. The van der Waals surface area contributed by atoms with E-state index in [9.17, 15) is 5.11 Å². The Morgan fingerprint density at radius 3 is 2.65 bits per heavy atom. The lowest BCUT2D eigenvalue weighted by atomic mass is 9.93. The number of imidazole rings is 1. The van der Waals surface area contributed by atoms with Gasteiger partial charge in [0, 0.05) is 54.3 Å². The zero-order valence-corrected chi connectivity index (χ0v) is 19.5. The lowest BCUT2D eigenvalue weighted by Gasteiger charge is -2.37. The summed E-state index contributed by atoms with van der Waals surface area (Å²) in [6, 6.07) is 14.8. The minimum Gasteiger partial charge on any atom is -0.390 e. The number of nitrogens with zero attached hydrogens (tertiary/aromatic N) is 5. The van der Waals surface area contributed by atoms with E-state index in [1.54, 1.807) is 0 Å². The first-order chi connectivity index (χ1) is 16.5. The number of aliphatic imine (C=N–C) groups is 1. The van der Waals surface area contributed by atoms with E-state index in [1.165, 1.54) is 16.8 Å². The fraction of sp³-hybridized carbons (Fsp3) is 0.296. The van der Waals surface area contributed by atoms with Gasteiger partial charge < -0.3 is 15.3 Å². The third kappa shape index (κ3) is 3.72. The molecule has 172 valence electrons. The maximum absolute atomic E-state index is 10.2. The summed E-state index contributed by atoms with van der Waals surface area (Å²) in [6.07, 6.45) is 7.29. The summed E-state index contributed by atoms with van der Waals surface area (Å²) in [6.45, 7) is 6.45. The van der Waals surface area contributed by atoms with Crippen molar-refractivity contribution in [1.82, 2.24) is 14.4 Å². The van der Waals surface area contributed by atoms with Crippen molar-refractivity contribution < 1.29 is 5.11 Å². The molecule has 0 bridgehead atoms. The molecule has 0 radical (unpaired) electrons. The lowest BCUT2D eigenvalue weighted by molar-refractivity contribution is 0.0351. The number of piperidine rings is 1. The molecule has 34 heavy (non-hydrogen) atoms. The molecule has 2 aromatic carbocycles. The number of hydrogen-bond acceptors (Lipinski definition) is 6. The monoisotopic (exact) mass is 452 g/mol. The maximum atomic E-state index is 10.2. The fourth-order valence-electron chi connectivity index (χ4n) is 4.86. The summed E-state index contributed by atoms with van der Waals surface area (Å²) in [5.74, 6) is 0.726. The molecule has 2 aliphatic heterocycles. The largest absolute Gasteiger partial charge is 0.390 e. The Labute approximate surface area is 198 Å². The van der Waals surface area contributed by atoms with E-state index in [1.807, 2.05) is 25.5 Å². The second-order valence-electron chi connectivity index (χ2n) is 9.55. The molecule has 2 N–H and O–H groups in total. The van der Waals surface area contributed by atoms with Crippen LogP contribution in [0, 0.1) is 6.92 Å². The maximum Gasteiger partial charge on any atom is 0.180 e. The molecule has 0 aliphatic carbocycles. The summed E-state index contributed by atoms with van der Waals surface area (Å²) >= 11 is 0. The van der Waals surface area contributed by atoms with Crippen molar-refractivity contribution in [3.05, 3.63) is 71.7 Å². The van der Waals surface area contributed by atoms with Crippen LogP contribution in [0.2, 0.25) is 0 Å². The molecule has 0 unspecified atom stereocenters. The van der Waals surface area contributed by atoms with Crippen LogP contribution < -0.4 is 10.2 Å². The van der Waals surface area contributed by atoms with Crippen molar-refractivity contribution in [1.29, 1.82) is 0 Å². The number of benzene rings is 2. The minimum atomic E-state index is -0.547. The van der Waals surface area contributed by atoms with Gasteiger partial charge in [-0.05, 0) is 68.1 Å². The van der Waals surface area contributed by atoms with Crippen molar-refractivity contribution in [2.24, 2.45) is 4.99 Å². The first-order valence-corrected chi connectivity index (χ1v) is 11.8. The van der Waals surface area contributed by atoms with Gasteiger partial charge in [0.15, 0.2) is 11.5 Å². The lowest BCUT2D eigenvalue weighted by Crippen LogP contribution is -2.42. The van der Waals surface area contributed by atoms with Crippen LogP contribution in [0.25, 0.3) is 16.9 Å². The Morgan fingerprint density at radius 2 is 1.85 bits per heavy atom. The molecule has 2 aromatic heterocycles. The number of hydrogen-bond donors (Lipinski definition) is 2. The molecule has 2 aliphatic rings. The van der Waals surface area contributed by atoms with Crippen molar-refractivity contribution in [3.8, 4) is 11.3 Å². The number of anilines is 3. The van der Waals surface area contributed by atoms with Crippen molar-refractivity contribution in [2.75, 3.05) is 23.3 Å². The summed E-state index contributed by atoms with van der Waals surface area (Å²) in [7, 11) is 0. The van der Waals surface area contributed by atoms with Crippen molar-refractivity contribution in [2.45, 2.75) is 38.8 Å². The molecule has 4 aromatic rings. The molecule has 1 fully saturated rings. The normalized spacial score (nSPS) is 16.7. The van der Waals surface area contributed by atoms with Gasteiger partial charge in [0.25, 0.3) is 0 Å². The van der Waals surface area contributed by atoms with Gasteiger partial charge in [0.1, 0.15) is 0 Å². The number of aliphatic hydroxyl groups is 1. The summed E-state index contributed by atoms with van der Waals surface area (Å²) in [5.41, 5.74) is 7.86. The summed E-state index contributed by atoms with van der Waals surface area (Å²) < 4.78 is 2.09. The minimum absolute atomic E-state index is 0.547. The molecule has 1 saturated heterocycles. The van der Waals surface area contributed by atoms with Gasteiger partial charge in [-0.25, -0.2) is 9.97 Å². The Balaban J connectivity index is 1.30. The first kappa shape index (κ1) is 20.9. The fourth-order valence-corrected chi connectivity index (χ4v) is 4.86. The van der Waals surface area contributed by atoms with Gasteiger partial charge in [0.05, 0.1) is 17.8 Å². The molecular weight excluding hydrogens is 424 g/mol. The number of nitrogens with one attached hydrogen (secondary N) is 1.